The van der Waals surface area contributed by atoms with Crippen molar-refractivity contribution >= 4 is 9.84 Å². The minimum absolute atomic E-state index is 0.0697. The third kappa shape index (κ3) is 4.01. The van der Waals surface area contributed by atoms with Crippen LogP contribution >= 0.6 is 0 Å². The minimum Gasteiger partial charge on any atom is -0.219 e. The third-order valence-corrected chi connectivity index (χ3v) is 5.33. The average Bonchev–Trinajstić information content (AvgIpc) is 2.51. The monoisotopic (exact) mass is 319 g/mol. The van der Waals surface area contributed by atoms with Gasteiger partial charge in [-0.2, -0.15) is 0 Å². The molecule has 22 heavy (non-hydrogen) atoms. The Labute approximate surface area is 132 Å². The number of allylic oxidation sites excluding steroid dienone is 4. The molecule has 4 nitrogen and oxygen atoms in total. The van der Waals surface area contributed by atoms with E-state index < -0.39 is 9.84 Å². The Morgan fingerprint density at radius 3 is 2.23 bits per heavy atom. The van der Waals surface area contributed by atoms with E-state index in [0.29, 0.717) is 17.6 Å². The summed E-state index contributed by atoms with van der Waals surface area (Å²) in [7, 11) is -3.73. The summed E-state index contributed by atoms with van der Waals surface area (Å²) in [6.07, 6.45) is 1.93. The SMILES string of the molecule is C=C(CC)/C(C)=C(\C=C(/C)N=O)S(=O)(=O)c1ccc(C)cc1. The van der Waals surface area contributed by atoms with Crippen molar-refractivity contribution in [1.82, 2.24) is 0 Å². The van der Waals surface area contributed by atoms with Gasteiger partial charge in [-0.05, 0) is 56.2 Å². The van der Waals surface area contributed by atoms with Gasteiger partial charge in [-0.25, -0.2) is 8.42 Å². The zero-order valence-corrected chi connectivity index (χ0v) is 14.2. The molecule has 0 radical (unpaired) electrons. The van der Waals surface area contributed by atoms with Crippen molar-refractivity contribution in [3.63, 3.8) is 0 Å². The first kappa shape index (κ1) is 18.0. The van der Waals surface area contributed by atoms with E-state index in [-0.39, 0.29) is 15.5 Å². The lowest BCUT2D eigenvalue weighted by Gasteiger charge is -2.12. The largest absolute Gasteiger partial charge is 0.219 e. The summed E-state index contributed by atoms with van der Waals surface area (Å²) in [6.45, 7) is 10.8. The molecule has 1 aromatic carbocycles. The number of hydrogen-bond donors (Lipinski definition) is 0. The Kier molecular flexibility index (Phi) is 6.00. The maximum Gasteiger partial charge on any atom is 0.206 e. The second-order valence-electron chi connectivity index (χ2n) is 5.14. The Balaban J connectivity index is 3.60. The van der Waals surface area contributed by atoms with Crippen LogP contribution in [0.5, 0.6) is 0 Å². The maximum absolute atomic E-state index is 12.9. The fourth-order valence-corrected chi connectivity index (χ4v) is 3.51. The molecular formula is C17H21NO3S. The third-order valence-electron chi connectivity index (χ3n) is 3.43. The Morgan fingerprint density at radius 1 is 1.23 bits per heavy atom. The van der Waals surface area contributed by atoms with E-state index in [9.17, 15) is 13.3 Å². The van der Waals surface area contributed by atoms with Crippen LogP contribution in [0.25, 0.3) is 0 Å². The van der Waals surface area contributed by atoms with E-state index in [4.69, 9.17) is 0 Å². The van der Waals surface area contributed by atoms with Crippen LogP contribution < -0.4 is 0 Å². The van der Waals surface area contributed by atoms with Crippen molar-refractivity contribution in [2.45, 2.75) is 39.0 Å². The Morgan fingerprint density at radius 2 is 1.77 bits per heavy atom. The summed E-state index contributed by atoms with van der Waals surface area (Å²) in [5.74, 6) is 0. The van der Waals surface area contributed by atoms with Gasteiger partial charge in [-0.15, -0.1) is 4.91 Å². The van der Waals surface area contributed by atoms with E-state index >= 15 is 0 Å². The molecule has 1 rings (SSSR count). The van der Waals surface area contributed by atoms with Crippen molar-refractivity contribution in [3.8, 4) is 0 Å². The van der Waals surface area contributed by atoms with E-state index in [0.717, 1.165) is 5.56 Å². The molecule has 0 aliphatic carbocycles. The second-order valence-corrected chi connectivity index (χ2v) is 7.06. The average molecular weight is 319 g/mol. The first-order valence-corrected chi connectivity index (χ1v) is 8.44. The van der Waals surface area contributed by atoms with Gasteiger partial charge in [0.1, 0.15) is 0 Å². The highest BCUT2D eigenvalue weighted by molar-refractivity contribution is 7.95. The van der Waals surface area contributed by atoms with Crippen LogP contribution in [0.2, 0.25) is 0 Å². The zero-order chi connectivity index (χ0) is 16.9. The molecule has 0 aliphatic heterocycles. The molecule has 0 fully saturated rings. The van der Waals surface area contributed by atoms with Gasteiger partial charge in [0.25, 0.3) is 0 Å². The zero-order valence-electron chi connectivity index (χ0n) is 13.4. The summed E-state index contributed by atoms with van der Waals surface area (Å²) in [4.78, 5) is 10.9. The molecule has 0 aliphatic rings. The molecule has 1 aromatic rings. The Hall–Kier alpha value is -2.01. The highest BCUT2D eigenvalue weighted by Crippen LogP contribution is 2.28. The van der Waals surface area contributed by atoms with Gasteiger partial charge in [0.2, 0.25) is 9.84 Å². The normalized spacial score (nSPS) is 13.5. The smallest absolute Gasteiger partial charge is 0.206 e. The number of nitrogens with zero attached hydrogens (tertiary/aromatic N) is 1. The van der Waals surface area contributed by atoms with Crippen molar-refractivity contribution in [3.05, 3.63) is 69.1 Å². The highest BCUT2D eigenvalue weighted by atomic mass is 32.2. The standard InChI is InChI=1S/C17H21NO3S/c1-6-13(3)15(5)17(11-14(4)18-19)22(20,21)16-9-7-12(2)8-10-16/h7-11H,3,6H2,1-2,4-5H3/b14-11+,17-15+. The van der Waals surface area contributed by atoms with E-state index in [1.54, 1.807) is 31.2 Å². The van der Waals surface area contributed by atoms with Crippen LogP contribution in [-0.4, -0.2) is 8.42 Å². The lowest BCUT2D eigenvalue weighted by atomic mass is 10.1. The van der Waals surface area contributed by atoms with Crippen molar-refractivity contribution in [1.29, 1.82) is 0 Å². The summed E-state index contributed by atoms with van der Waals surface area (Å²) < 4.78 is 25.7. The molecular weight excluding hydrogens is 298 g/mol. The molecule has 0 N–H and O–H groups in total. The number of nitroso groups, excluding NO2 is 1. The number of aryl methyl sites for hydroxylation is 1. The maximum atomic E-state index is 12.9. The first-order valence-electron chi connectivity index (χ1n) is 6.96. The van der Waals surface area contributed by atoms with Crippen molar-refractivity contribution < 1.29 is 8.42 Å². The first-order chi connectivity index (χ1) is 10.2. The molecule has 0 unspecified atom stereocenters. The topological polar surface area (TPSA) is 63.6 Å². The lowest BCUT2D eigenvalue weighted by Crippen LogP contribution is -2.07. The molecule has 5 heteroatoms. The summed E-state index contributed by atoms with van der Waals surface area (Å²) in [6, 6.07) is 6.60. The van der Waals surface area contributed by atoms with Gasteiger partial charge in [-0.3, -0.25) is 0 Å². The summed E-state index contributed by atoms with van der Waals surface area (Å²) in [5, 5.41) is 2.80. The van der Waals surface area contributed by atoms with Crippen LogP contribution in [0.15, 0.2) is 68.7 Å². The van der Waals surface area contributed by atoms with Crippen LogP contribution in [0, 0.1) is 11.8 Å². The van der Waals surface area contributed by atoms with E-state index in [1.165, 1.54) is 13.0 Å². The number of hydrogen-bond acceptors (Lipinski definition) is 4. The molecule has 0 heterocycles. The number of benzene rings is 1. The van der Waals surface area contributed by atoms with E-state index in [1.807, 2.05) is 13.8 Å². The van der Waals surface area contributed by atoms with Crippen molar-refractivity contribution in [2.75, 3.05) is 0 Å². The van der Waals surface area contributed by atoms with Crippen LogP contribution in [-0.2, 0) is 9.84 Å². The van der Waals surface area contributed by atoms with Crippen LogP contribution in [0.1, 0.15) is 32.8 Å². The molecule has 0 atom stereocenters. The second kappa shape index (κ2) is 7.31. The summed E-state index contributed by atoms with van der Waals surface area (Å²) in [5.41, 5.74) is 2.33. The van der Waals surface area contributed by atoms with Crippen molar-refractivity contribution in [2.24, 2.45) is 5.18 Å². The Bertz CT molecular complexity index is 739. The molecule has 118 valence electrons. The van der Waals surface area contributed by atoms with Gasteiger partial charge in [0, 0.05) is 0 Å². The molecule has 0 saturated heterocycles. The quantitative estimate of drug-likeness (QED) is 0.565. The molecule has 0 amide bonds. The molecule has 0 saturated carbocycles. The lowest BCUT2D eigenvalue weighted by molar-refractivity contribution is 0.602. The van der Waals surface area contributed by atoms with Crippen LogP contribution in [0.3, 0.4) is 0 Å². The molecule has 0 aromatic heterocycles. The number of rotatable bonds is 6. The number of sulfone groups is 1. The summed E-state index contributed by atoms with van der Waals surface area (Å²) >= 11 is 0. The molecule has 0 bridgehead atoms. The fraction of sp³-hybridized carbons (Fsp3) is 0.294. The minimum atomic E-state index is -3.73. The van der Waals surface area contributed by atoms with Gasteiger partial charge in [0.15, 0.2) is 0 Å². The van der Waals surface area contributed by atoms with Gasteiger partial charge in [0.05, 0.1) is 15.5 Å². The van der Waals surface area contributed by atoms with Crippen LogP contribution in [0.4, 0.5) is 0 Å². The molecule has 0 spiro atoms. The van der Waals surface area contributed by atoms with Gasteiger partial charge in [-0.1, -0.05) is 36.8 Å². The van der Waals surface area contributed by atoms with Gasteiger partial charge >= 0.3 is 0 Å². The van der Waals surface area contributed by atoms with E-state index in [2.05, 4.69) is 11.8 Å². The fourth-order valence-electron chi connectivity index (χ4n) is 1.89. The predicted molar refractivity (Wildman–Crippen MR) is 90.0 cm³/mol. The van der Waals surface area contributed by atoms with Gasteiger partial charge < -0.3 is 0 Å². The highest BCUT2D eigenvalue weighted by Gasteiger charge is 2.22. The predicted octanol–water partition coefficient (Wildman–Crippen LogP) is 4.68.